The fraction of sp³-hybridized carbons (Fsp3) is 0.316. The lowest BCUT2D eigenvalue weighted by atomic mass is 10.1. The number of nitriles is 1. The molecule has 0 unspecified atom stereocenters. The Morgan fingerprint density at radius 3 is 2.52 bits per heavy atom. The third kappa shape index (κ3) is 4.68. The summed E-state index contributed by atoms with van der Waals surface area (Å²) in [6, 6.07) is 16.2. The predicted molar refractivity (Wildman–Crippen MR) is 103 cm³/mol. The van der Waals surface area contributed by atoms with Crippen LogP contribution in [0, 0.1) is 11.3 Å². The maximum atomic E-state index is 8.85. The number of nitrogens with one attached hydrogen (secondary N) is 1. The van der Waals surface area contributed by atoms with Crippen molar-refractivity contribution in [2.45, 2.75) is 6.42 Å². The van der Waals surface area contributed by atoms with E-state index in [0.29, 0.717) is 5.56 Å². The summed E-state index contributed by atoms with van der Waals surface area (Å²) < 4.78 is 0. The Bertz CT molecular complexity index is 731. The smallest absolute Gasteiger partial charge is 0.169 e. The van der Waals surface area contributed by atoms with E-state index in [1.165, 1.54) is 5.56 Å². The van der Waals surface area contributed by atoms with E-state index in [4.69, 9.17) is 17.5 Å². The molecule has 3 rings (SSSR count). The van der Waals surface area contributed by atoms with E-state index < -0.39 is 0 Å². The number of piperazine rings is 1. The van der Waals surface area contributed by atoms with Crippen LogP contribution in [0.4, 0.5) is 5.82 Å². The van der Waals surface area contributed by atoms with Gasteiger partial charge in [0.2, 0.25) is 0 Å². The van der Waals surface area contributed by atoms with Gasteiger partial charge in [0.25, 0.3) is 0 Å². The first kappa shape index (κ1) is 17.2. The average Bonchev–Trinajstić information content (AvgIpc) is 2.69. The number of anilines is 1. The fourth-order valence-corrected chi connectivity index (χ4v) is 3.13. The Hall–Kier alpha value is -2.65. The Kier molecular flexibility index (Phi) is 5.81. The minimum atomic E-state index is 0.589. The van der Waals surface area contributed by atoms with Crippen LogP contribution in [0.1, 0.15) is 11.1 Å². The van der Waals surface area contributed by atoms with Gasteiger partial charge in [-0.2, -0.15) is 5.26 Å². The monoisotopic (exact) mass is 351 g/mol. The van der Waals surface area contributed by atoms with E-state index in [1.807, 2.05) is 18.2 Å². The highest BCUT2D eigenvalue weighted by atomic mass is 32.1. The molecule has 0 aliphatic carbocycles. The van der Waals surface area contributed by atoms with Gasteiger partial charge in [-0.3, -0.25) is 0 Å². The highest BCUT2D eigenvalue weighted by Crippen LogP contribution is 2.14. The summed E-state index contributed by atoms with van der Waals surface area (Å²) in [5.41, 5.74) is 1.90. The second-order valence-corrected chi connectivity index (χ2v) is 6.35. The minimum absolute atomic E-state index is 0.589. The summed E-state index contributed by atoms with van der Waals surface area (Å²) in [7, 11) is 0. The zero-order chi connectivity index (χ0) is 17.5. The van der Waals surface area contributed by atoms with E-state index >= 15 is 0 Å². The number of aromatic nitrogens is 1. The average molecular weight is 351 g/mol. The number of hydrogen-bond acceptors (Lipinski definition) is 4. The molecule has 128 valence electrons. The molecule has 2 heterocycles. The van der Waals surface area contributed by atoms with E-state index in [-0.39, 0.29) is 0 Å². The van der Waals surface area contributed by atoms with E-state index in [2.05, 4.69) is 50.4 Å². The fourth-order valence-electron chi connectivity index (χ4n) is 2.85. The quantitative estimate of drug-likeness (QED) is 0.852. The lowest BCUT2D eigenvalue weighted by Crippen LogP contribution is -2.52. The normalized spacial score (nSPS) is 14.0. The van der Waals surface area contributed by atoms with Crippen LogP contribution in [0.5, 0.6) is 0 Å². The lowest BCUT2D eigenvalue weighted by molar-refractivity contribution is 0.379. The van der Waals surface area contributed by atoms with Gasteiger partial charge in [0.15, 0.2) is 5.11 Å². The van der Waals surface area contributed by atoms with Gasteiger partial charge in [-0.25, -0.2) is 4.98 Å². The van der Waals surface area contributed by atoms with E-state index in [9.17, 15) is 0 Å². The van der Waals surface area contributed by atoms with Crippen molar-refractivity contribution in [3.63, 3.8) is 0 Å². The van der Waals surface area contributed by atoms with Crippen molar-refractivity contribution in [1.82, 2.24) is 15.2 Å². The first-order chi connectivity index (χ1) is 12.3. The molecule has 1 fully saturated rings. The molecular weight excluding hydrogens is 330 g/mol. The van der Waals surface area contributed by atoms with Crippen molar-refractivity contribution in [3.8, 4) is 6.07 Å². The van der Waals surface area contributed by atoms with Gasteiger partial charge in [-0.05, 0) is 36.3 Å². The Morgan fingerprint density at radius 1 is 1.12 bits per heavy atom. The molecule has 1 aliphatic heterocycles. The third-order valence-electron chi connectivity index (χ3n) is 4.30. The van der Waals surface area contributed by atoms with Gasteiger partial charge in [-0.1, -0.05) is 30.3 Å². The topological polar surface area (TPSA) is 55.2 Å². The molecule has 1 N–H and O–H groups in total. The van der Waals surface area contributed by atoms with Crippen molar-refractivity contribution < 1.29 is 0 Å². The van der Waals surface area contributed by atoms with Crippen LogP contribution < -0.4 is 10.2 Å². The Labute approximate surface area is 153 Å². The predicted octanol–water partition coefficient (Wildman–Crippen LogP) is 2.19. The van der Waals surface area contributed by atoms with Gasteiger partial charge >= 0.3 is 0 Å². The summed E-state index contributed by atoms with van der Waals surface area (Å²) in [5, 5.41) is 13.0. The van der Waals surface area contributed by atoms with Crippen LogP contribution in [0.2, 0.25) is 0 Å². The van der Waals surface area contributed by atoms with Crippen molar-refractivity contribution in [1.29, 1.82) is 5.26 Å². The van der Waals surface area contributed by atoms with Crippen molar-refractivity contribution in [2.75, 3.05) is 37.6 Å². The van der Waals surface area contributed by atoms with Crippen molar-refractivity contribution >= 4 is 23.1 Å². The van der Waals surface area contributed by atoms with Crippen LogP contribution in [0.15, 0.2) is 48.7 Å². The van der Waals surface area contributed by atoms with E-state index in [0.717, 1.165) is 50.1 Å². The second kappa shape index (κ2) is 8.45. The third-order valence-corrected chi connectivity index (χ3v) is 4.70. The molecule has 0 saturated carbocycles. The van der Waals surface area contributed by atoms with Crippen LogP contribution in [0.3, 0.4) is 0 Å². The number of pyridine rings is 1. The molecule has 1 aromatic carbocycles. The highest BCUT2D eigenvalue weighted by molar-refractivity contribution is 7.80. The molecule has 5 nitrogen and oxygen atoms in total. The molecular formula is C19H21N5S. The molecule has 0 atom stereocenters. The summed E-state index contributed by atoms with van der Waals surface area (Å²) in [4.78, 5) is 8.80. The zero-order valence-corrected chi connectivity index (χ0v) is 14.9. The van der Waals surface area contributed by atoms with Gasteiger partial charge in [-0.15, -0.1) is 0 Å². The molecule has 2 aromatic rings. The summed E-state index contributed by atoms with van der Waals surface area (Å²) >= 11 is 5.52. The number of thiocarbonyl (C=S) groups is 1. The number of nitrogens with zero attached hydrogens (tertiary/aromatic N) is 4. The Balaban J connectivity index is 1.43. The van der Waals surface area contributed by atoms with Crippen LogP contribution in [-0.4, -0.2) is 47.7 Å². The maximum absolute atomic E-state index is 8.85. The molecule has 0 spiro atoms. The Morgan fingerprint density at radius 2 is 1.88 bits per heavy atom. The van der Waals surface area contributed by atoms with Gasteiger partial charge < -0.3 is 15.1 Å². The minimum Gasteiger partial charge on any atom is -0.362 e. The number of rotatable bonds is 4. The summed E-state index contributed by atoms with van der Waals surface area (Å²) in [5.74, 6) is 0.918. The molecule has 1 saturated heterocycles. The van der Waals surface area contributed by atoms with Gasteiger partial charge in [0, 0.05) is 38.9 Å². The standard InChI is InChI=1S/C19H21N5S/c20-14-17-6-7-18(22-15-17)23-10-12-24(13-11-23)19(25)21-9-8-16-4-2-1-3-5-16/h1-7,15H,8-13H2,(H,21,25). The first-order valence-electron chi connectivity index (χ1n) is 8.44. The highest BCUT2D eigenvalue weighted by Gasteiger charge is 2.19. The van der Waals surface area contributed by atoms with Crippen LogP contribution in [0.25, 0.3) is 0 Å². The summed E-state index contributed by atoms with van der Waals surface area (Å²) in [6.45, 7) is 4.34. The molecule has 0 radical (unpaired) electrons. The van der Waals surface area contributed by atoms with Crippen LogP contribution in [-0.2, 0) is 6.42 Å². The molecule has 1 aromatic heterocycles. The van der Waals surface area contributed by atoms with Gasteiger partial charge in [0.1, 0.15) is 11.9 Å². The van der Waals surface area contributed by atoms with Crippen molar-refractivity contribution in [2.24, 2.45) is 0 Å². The first-order valence-corrected chi connectivity index (χ1v) is 8.85. The van der Waals surface area contributed by atoms with Crippen LogP contribution >= 0.6 is 12.2 Å². The summed E-state index contributed by atoms with van der Waals surface area (Å²) in [6.07, 6.45) is 2.59. The molecule has 25 heavy (non-hydrogen) atoms. The molecule has 6 heteroatoms. The largest absolute Gasteiger partial charge is 0.362 e. The number of hydrogen-bond donors (Lipinski definition) is 1. The molecule has 0 bridgehead atoms. The van der Waals surface area contributed by atoms with Crippen molar-refractivity contribution in [3.05, 3.63) is 59.8 Å². The van der Waals surface area contributed by atoms with E-state index in [1.54, 1.807) is 6.20 Å². The zero-order valence-electron chi connectivity index (χ0n) is 14.1. The lowest BCUT2D eigenvalue weighted by Gasteiger charge is -2.36. The molecule has 1 aliphatic rings. The SMILES string of the molecule is N#Cc1ccc(N2CCN(C(=S)NCCc3ccccc3)CC2)nc1. The molecule has 0 amide bonds. The van der Waals surface area contributed by atoms with Gasteiger partial charge in [0.05, 0.1) is 5.56 Å². The number of benzene rings is 1. The second-order valence-electron chi connectivity index (χ2n) is 5.96. The maximum Gasteiger partial charge on any atom is 0.169 e.